The molecule has 0 spiro atoms. The van der Waals surface area contributed by atoms with E-state index < -0.39 is 5.60 Å². The smallest absolute Gasteiger partial charge is 0.136 e. The Hall–Kier alpha value is -0.410. The van der Waals surface area contributed by atoms with Crippen LogP contribution in [0, 0.1) is 40.4 Å². The number of fused-ring (bicyclic) bond motifs is 5. The summed E-state index contributed by atoms with van der Waals surface area (Å²) in [5.41, 5.74) is 0.0148. The molecule has 27 heavy (non-hydrogen) atoms. The number of ketones is 1. The van der Waals surface area contributed by atoms with E-state index in [0.29, 0.717) is 36.1 Å². The van der Waals surface area contributed by atoms with Crippen LogP contribution in [0.3, 0.4) is 0 Å². The fourth-order valence-corrected chi connectivity index (χ4v) is 8.50. The van der Waals surface area contributed by atoms with Crippen molar-refractivity contribution in [1.29, 1.82) is 0 Å². The number of aliphatic hydroxyl groups is 1. The monoisotopic (exact) mass is 376 g/mol. The van der Waals surface area contributed by atoms with Crippen LogP contribution >= 0.6 is 0 Å². The third-order valence-electron chi connectivity index (χ3n) is 9.97. The summed E-state index contributed by atoms with van der Waals surface area (Å²) >= 11 is 0. The average molecular weight is 377 g/mol. The van der Waals surface area contributed by atoms with Gasteiger partial charge in [-0.25, -0.2) is 0 Å². The topological polar surface area (TPSA) is 46.5 Å². The van der Waals surface area contributed by atoms with Crippen molar-refractivity contribution in [2.45, 2.75) is 90.6 Å². The molecule has 4 saturated carbocycles. The molecule has 0 saturated heterocycles. The molecule has 0 heterocycles. The van der Waals surface area contributed by atoms with Gasteiger partial charge in [-0.3, -0.25) is 4.79 Å². The molecule has 1 unspecified atom stereocenters. The van der Waals surface area contributed by atoms with E-state index in [-0.39, 0.29) is 5.41 Å². The van der Waals surface area contributed by atoms with Crippen LogP contribution in [-0.2, 0) is 9.53 Å². The molecule has 1 N–H and O–H groups in total. The molecule has 4 aliphatic rings. The molecule has 0 amide bonds. The molecule has 0 aromatic rings. The predicted molar refractivity (Wildman–Crippen MR) is 107 cm³/mol. The Morgan fingerprint density at radius 1 is 1.00 bits per heavy atom. The minimum absolute atomic E-state index is 0.253. The maximum atomic E-state index is 12.6. The number of ether oxygens (including phenoxy) is 1. The van der Waals surface area contributed by atoms with Gasteiger partial charge < -0.3 is 9.84 Å². The number of methoxy groups -OCH3 is 1. The van der Waals surface area contributed by atoms with Crippen molar-refractivity contribution in [2.75, 3.05) is 13.7 Å². The zero-order chi connectivity index (χ0) is 19.4. The van der Waals surface area contributed by atoms with Crippen molar-refractivity contribution in [3.63, 3.8) is 0 Å². The second-order valence-electron chi connectivity index (χ2n) is 11.0. The first kappa shape index (κ1) is 19.9. The van der Waals surface area contributed by atoms with E-state index in [1.807, 2.05) is 6.92 Å². The highest BCUT2D eigenvalue weighted by Crippen LogP contribution is 2.68. The van der Waals surface area contributed by atoms with Gasteiger partial charge in [0.1, 0.15) is 5.78 Å². The summed E-state index contributed by atoms with van der Waals surface area (Å²) in [5.74, 6) is 3.80. The molecule has 0 aliphatic heterocycles. The lowest BCUT2D eigenvalue weighted by atomic mass is 9.44. The lowest BCUT2D eigenvalue weighted by Gasteiger charge is -2.62. The van der Waals surface area contributed by atoms with Crippen LogP contribution in [0.2, 0.25) is 0 Å². The normalized spacial score (nSPS) is 52.0. The van der Waals surface area contributed by atoms with Gasteiger partial charge in [0.05, 0.1) is 12.2 Å². The average Bonchev–Trinajstić information content (AvgIpc) is 2.99. The fraction of sp³-hybridized carbons (Fsp3) is 0.958. The minimum Gasteiger partial charge on any atom is -0.387 e. The van der Waals surface area contributed by atoms with Gasteiger partial charge in [0.25, 0.3) is 0 Å². The molecule has 8 atom stereocenters. The largest absolute Gasteiger partial charge is 0.387 e. The van der Waals surface area contributed by atoms with E-state index >= 15 is 0 Å². The van der Waals surface area contributed by atoms with Gasteiger partial charge >= 0.3 is 0 Å². The van der Waals surface area contributed by atoms with Crippen LogP contribution in [0.15, 0.2) is 0 Å². The highest BCUT2D eigenvalue weighted by atomic mass is 16.5. The summed E-state index contributed by atoms with van der Waals surface area (Å²) in [6.45, 7) is 7.51. The van der Waals surface area contributed by atoms with E-state index in [2.05, 4.69) is 13.8 Å². The zero-order valence-corrected chi connectivity index (χ0v) is 17.9. The van der Waals surface area contributed by atoms with Crippen molar-refractivity contribution in [3.8, 4) is 0 Å². The molecule has 0 aromatic heterocycles. The van der Waals surface area contributed by atoms with Gasteiger partial charge in [0.15, 0.2) is 0 Å². The lowest BCUT2D eigenvalue weighted by Crippen LogP contribution is -2.56. The Morgan fingerprint density at radius 2 is 1.74 bits per heavy atom. The summed E-state index contributed by atoms with van der Waals surface area (Å²) in [6.07, 6.45) is 11.1. The molecule has 3 heteroatoms. The summed E-state index contributed by atoms with van der Waals surface area (Å²) < 4.78 is 5.34. The Bertz CT molecular complexity index is 588. The van der Waals surface area contributed by atoms with E-state index in [0.717, 1.165) is 43.4 Å². The number of carbonyl (C=O) groups is 1. The third-order valence-corrected chi connectivity index (χ3v) is 9.97. The van der Waals surface area contributed by atoms with Crippen molar-refractivity contribution in [2.24, 2.45) is 40.4 Å². The molecule has 4 aliphatic carbocycles. The number of rotatable bonds is 4. The second-order valence-corrected chi connectivity index (χ2v) is 11.0. The van der Waals surface area contributed by atoms with E-state index in [9.17, 15) is 9.90 Å². The maximum Gasteiger partial charge on any atom is 0.136 e. The molecule has 0 aromatic carbocycles. The first-order valence-corrected chi connectivity index (χ1v) is 11.5. The van der Waals surface area contributed by atoms with Gasteiger partial charge in [-0.1, -0.05) is 20.8 Å². The molecule has 0 radical (unpaired) electrons. The van der Waals surface area contributed by atoms with Crippen molar-refractivity contribution in [3.05, 3.63) is 0 Å². The van der Waals surface area contributed by atoms with Crippen molar-refractivity contribution in [1.82, 2.24) is 0 Å². The predicted octanol–water partition coefficient (Wildman–Crippen LogP) is 5.00. The highest BCUT2D eigenvalue weighted by Gasteiger charge is 2.61. The van der Waals surface area contributed by atoms with Gasteiger partial charge in [-0.2, -0.15) is 0 Å². The van der Waals surface area contributed by atoms with Gasteiger partial charge in [-0.05, 0) is 92.3 Å². The Morgan fingerprint density at radius 3 is 2.44 bits per heavy atom. The van der Waals surface area contributed by atoms with Gasteiger partial charge in [0.2, 0.25) is 0 Å². The standard InChI is InChI=1S/C24H40O3/c1-5-21(25)20-9-8-18-17-7-6-16-14-24(26,15-27-4)13-12-22(16,2)19(17)10-11-23(18,20)3/h16-20,26H,5-15H2,1-4H3/t16-,17-,18-,19-,20?,22-,23-,24+/m0/s1. The minimum atomic E-state index is -0.610. The van der Waals surface area contributed by atoms with Crippen LogP contribution < -0.4 is 0 Å². The SMILES string of the molecule is CCC(=O)C1CC[C@H]2[C@@H]3CC[C@H]4C[C@@](O)(COC)CC[C@]4(C)[C@H]3CC[C@]12C. The van der Waals surface area contributed by atoms with E-state index in [1.165, 1.54) is 32.1 Å². The molecule has 0 bridgehead atoms. The zero-order valence-electron chi connectivity index (χ0n) is 17.9. The van der Waals surface area contributed by atoms with Crippen molar-refractivity contribution < 1.29 is 14.6 Å². The van der Waals surface area contributed by atoms with Crippen LogP contribution in [0.25, 0.3) is 0 Å². The molecular formula is C24H40O3. The lowest BCUT2D eigenvalue weighted by molar-refractivity contribution is -0.164. The molecule has 4 fully saturated rings. The first-order valence-electron chi connectivity index (χ1n) is 11.5. The molecule has 3 nitrogen and oxygen atoms in total. The second kappa shape index (κ2) is 6.83. The van der Waals surface area contributed by atoms with E-state index in [4.69, 9.17) is 4.74 Å². The Kier molecular flexibility index (Phi) is 5.03. The fourth-order valence-electron chi connectivity index (χ4n) is 8.50. The highest BCUT2D eigenvalue weighted by molar-refractivity contribution is 5.82. The molecule has 154 valence electrons. The maximum absolute atomic E-state index is 12.6. The number of carbonyl (C=O) groups excluding carboxylic acids is 1. The quantitative estimate of drug-likeness (QED) is 0.751. The molecule has 4 rings (SSSR count). The molecular weight excluding hydrogens is 336 g/mol. The van der Waals surface area contributed by atoms with Crippen LogP contribution in [0.5, 0.6) is 0 Å². The number of Topliss-reactive ketones (excluding diaryl/α,β-unsaturated/α-hetero) is 1. The Balaban J connectivity index is 1.55. The third kappa shape index (κ3) is 2.94. The number of hydrogen-bond donors (Lipinski definition) is 1. The first-order chi connectivity index (χ1) is 12.8. The number of hydrogen-bond acceptors (Lipinski definition) is 3. The van der Waals surface area contributed by atoms with Crippen LogP contribution in [-0.4, -0.2) is 30.2 Å². The van der Waals surface area contributed by atoms with Crippen LogP contribution in [0.1, 0.15) is 85.0 Å². The van der Waals surface area contributed by atoms with Gasteiger partial charge in [-0.15, -0.1) is 0 Å². The summed E-state index contributed by atoms with van der Waals surface area (Å²) in [5, 5.41) is 11.0. The summed E-state index contributed by atoms with van der Waals surface area (Å²) in [4.78, 5) is 12.6. The van der Waals surface area contributed by atoms with E-state index in [1.54, 1.807) is 7.11 Å². The Labute approximate surface area is 165 Å². The van der Waals surface area contributed by atoms with Crippen LogP contribution in [0.4, 0.5) is 0 Å². The van der Waals surface area contributed by atoms with Crippen molar-refractivity contribution >= 4 is 5.78 Å². The summed E-state index contributed by atoms with van der Waals surface area (Å²) in [6, 6.07) is 0. The summed E-state index contributed by atoms with van der Waals surface area (Å²) in [7, 11) is 1.71. The van der Waals surface area contributed by atoms with Gasteiger partial charge in [0, 0.05) is 19.4 Å².